The maximum atomic E-state index is 13.6. The van der Waals surface area contributed by atoms with E-state index in [0.717, 1.165) is 16.8 Å². The average Bonchev–Trinajstić information content (AvgIpc) is 2.77. The molecular formula is C23H19F3N2O4. The van der Waals surface area contributed by atoms with Gasteiger partial charge in [0.15, 0.2) is 23.6 Å². The van der Waals surface area contributed by atoms with E-state index in [1.54, 1.807) is 6.07 Å². The number of fused-ring (bicyclic) bond motifs is 1. The number of hydrogen-bond acceptors (Lipinski definition) is 4. The first-order chi connectivity index (χ1) is 15.2. The van der Waals surface area contributed by atoms with Crippen molar-refractivity contribution in [3.8, 4) is 0 Å². The highest BCUT2D eigenvalue weighted by Crippen LogP contribution is 2.19. The van der Waals surface area contributed by atoms with Gasteiger partial charge in [-0.05, 0) is 35.4 Å². The molecule has 0 bridgehead atoms. The first kappa shape index (κ1) is 22.8. The van der Waals surface area contributed by atoms with E-state index in [2.05, 4.69) is 5.32 Å². The summed E-state index contributed by atoms with van der Waals surface area (Å²) < 4.78 is 44.8. The fourth-order valence-electron chi connectivity index (χ4n) is 2.94. The van der Waals surface area contributed by atoms with Crippen LogP contribution in [-0.4, -0.2) is 30.4 Å². The topological polar surface area (TPSA) is 84.5 Å². The van der Waals surface area contributed by atoms with E-state index in [1.807, 2.05) is 41.7 Å². The first-order valence-corrected chi connectivity index (χ1v) is 9.63. The quantitative estimate of drug-likeness (QED) is 0.432. The van der Waals surface area contributed by atoms with Crippen molar-refractivity contribution in [3.05, 3.63) is 77.6 Å². The van der Waals surface area contributed by atoms with Gasteiger partial charge in [-0.2, -0.15) is 0 Å². The van der Waals surface area contributed by atoms with Crippen LogP contribution in [0.1, 0.15) is 12.5 Å². The molecule has 1 unspecified atom stereocenters. The molecule has 0 aliphatic heterocycles. The van der Waals surface area contributed by atoms with Gasteiger partial charge in [0.05, 0.1) is 18.7 Å². The third kappa shape index (κ3) is 5.63. The molecule has 0 saturated heterocycles. The van der Waals surface area contributed by atoms with E-state index in [1.165, 1.54) is 6.92 Å². The van der Waals surface area contributed by atoms with Gasteiger partial charge in [0.25, 0.3) is 5.91 Å². The molecule has 166 valence electrons. The molecule has 2 N–H and O–H groups in total. The van der Waals surface area contributed by atoms with Crippen LogP contribution < -0.4 is 10.6 Å². The van der Waals surface area contributed by atoms with Gasteiger partial charge in [0, 0.05) is 0 Å². The third-order valence-electron chi connectivity index (χ3n) is 4.57. The summed E-state index contributed by atoms with van der Waals surface area (Å²) in [5.41, 5.74) is 0.146. The third-order valence-corrected chi connectivity index (χ3v) is 4.57. The molecule has 0 fully saturated rings. The Kier molecular flexibility index (Phi) is 7.09. The Balaban J connectivity index is 1.48. The number of hydrogen-bond donors (Lipinski definition) is 2. The van der Waals surface area contributed by atoms with Crippen LogP contribution in [-0.2, 0) is 25.5 Å². The molecule has 0 aliphatic carbocycles. The lowest BCUT2D eigenvalue weighted by atomic mass is 10.1. The zero-order valence-electron chi connectivity index (χ0n) is 17.0. The number of ether oxygens (including phenoxy) is 1. The van der Waals surface area contributed by atoms with Crippen LogP contribution in [0.15, 0.2) is 54.6 Å². The van der Waals surface area contributed by atoms with Gasteiger partial charge >= 0.3 is 5.97 Å². The Labute approximate surface area is 181 Å². The molecule has 0 aromatic heterocycles. The Morgan fingerprint density at radius 2 is 1.66 bits per heavy atom. The van der Waals surface area contributed by atoms with Crippen molar-refractivity contribution in [1.29, 1.82) is 0 Å². The largest absolute Gasteiger partial charge is 0.452 e. The summed E-state index contributed by atoms with van der Waals surface area (Å²) in [5.74, 6) is -6.93. The van der Waals surface area contributed by atoms with Crippen molar-refractivity contribution in [3.63, 3.8) is 0 Å². The van der Waals surface area contributed by atoms with Crippen molar-refractivity contribution >= 4 is 34.2 Å². The number of esters is 1. The monoisotopic (exact) mass is 444 g/mol. The normalized spacial score (nSPS) is 11.6. The van der Waals surface area contributed by atoms with Crippen molar-refractivity contribution in [2.24, 2.45) is 0 Å². The predicted molar refractivity (Wildman–Crippen MR) is 111 cm³/mol. The summed E-state index contributed by atoms with van der Waals surface area (Å²) in [4.78, 5) is 36.1. The minimum atomic E-state index is -1.72. The number of amides is 2. The van der Waals surface area contributed by atoms with Gasteiger partial charge in [0.2, 0.25) is 5.91 Å². The lowest BCUT2D eigenvalue weighted by molar-refractivity contribution is -0.154. The Hall–Kier alpha value is -3.88. The number of carbonyl (C=O) groups excluding carboxylic acids is 3. The zero-order chi connectivity index (χ0) is 23.3. The van der Waals surface area contributed by atoms with Crippen LogP contribution in [0.4, 0.5) is 18.9 Å². The summed E-state index contributed by atoms with van der Waals surface area (Å²) in [5, 5.41) is 6.23. The number of benzene rings is 3. The molecule has 32 heavy (non-hydrogen) atoms. The second kappa shape index (κ2) is 9.95. The molecule has 0 saturated carbocycles. The Bertz CT molecular complexity index is 1180. The van der Waals surface area contributed by atoms with E-state index >= 15 is 0 Å². The number of carbonyl (C=O) groups is 3. The van der Waals surface area contributed by atoms with Crippen molar-refractivity contribution < 1.29 is 32.3 Å². The van der Waals surface area contributed by atoms with E-state index in [4.69, 9.17) is 4.74 Å². The predicted octanol–water partition coefficient (Wildman–Crippen LogP) is 3.49. The van der Waals surface area contributed by atoms with Gasteiger partial charge < -0.3 is 15.4 Å². The van der Waals surface area contributed by atoms with Gasteiger partial charge in [-0.25, -0.2) is 13.2 Å². The summed E-state index contributed by atoms with van der Waals surface area (Å²) in [6.07, 6.45) is -1.23. The average molecular weight is 444 g/mol. The van der Waals surface area contributed by atoms with Gasteiger partial charge in [-0.15, -0.1) is 0 Å². The molecule has 3 aromatic rings. The van der Waals surface area contributed by atoms with Crippen LogP contribution in [0, 0.1) is 17.5 Å². The van der Waals surface area contributed by atoms with Crippen molar-refractivity contribution in [2.45, 2.75) is 19.4 Å². The minimum Gasteiger partial charge on any atom is -0.452 e. The molecule has 6 nitrogen and oxygen atoms in total. The van der Waals surface area contributed by atoms with E-state index in [-0.39, 0.29) is 6.42 Å². The smallest absolute Gasteiger partial charge is 0.311 e. The molecule has 0 radical (unpaired) electrons. The molecule has 3 rings (SSSR count). The number of halogens is 3. The first-order valence-electron chi connectivity index (χ1n) is 9.63. The highest BCUT2D eigenvalue weighted by Gasteiger charge is 2.20. The second-order valence-corrected chi connectivity index (χ2v) is 6.98. The van der Waals surface area contributed by atoms with E-state index in [0.29, 0.717) is 11.6 Å². The van der Waals surface area contributed by atoms with Crippen LogP contribution in [0.25, 0.3) is 10.8 Å². The Morgan fingerprint density at radius 3 is 2.41 bits per heavy atom. The molecule has 3 aromatic carbocycles. The molecule has 0 spiro atoms. The molecule has 9 heteroatoms. The summed E-state index contributed by atoms with van der Waals surface area (Å²) in [7, 11) is 0. The van der Waals surface area contributed by atoms with Crippen LogP contribution in [0.3, 0.4) is 0 Å². The van der Waals surface area contributed by atoms with E-state index in [9.17, 15) is 27.6 Å². The fraction of sp³-hybridized carbons (Fsp3) is 0.174. The highest BCUT2D eigenvalue weighted by atomic mass is 19.2. The number of rotatable bonds is 7. The van der Waals surface area contributed by atoms with E-state index < -0.39 is 53.6 Å². The summed E-state index contributed by atoms with van der Waals surface area (Å²) >= 11 is 0. The summed E-state index contributed by atoms with van der Waals surface area (Å²) in [6, 6.07) is 14.7. The summed E-state index contributed by atoms with van der Waals surface area (Å²) in [6.45, 7) is 0.740. The fourth-order valence-corrected chi connectivity index (χ4v) is 2.94. The SMILES string of the molecule is CC(OC(=O)Cc1ccc2ccccc2c1)C(=O)NCC(=O)Nc1ccc(F)c(F)c1F. The zero-order valence-corrected chi connectivity index (χ0v) is 17.0. The Morgan fingerprint density at radius 1 is 0.938 bits per heavy atom. The van der Waals surface area contributed by atoms with Gasteiger partial charge in [0.1, 0.15) is 0 Å². The maximum Gasteiger partial charge on any atom is 0.311 e. The minimum absolute atomic E-state index is 0.0433. The molecular weight excluding hydrogens is 425 g/mol. The van der Waals surface area contributed by atoms with Crippen LogP contribution in [0.2, 0.25) is 0 Å². The molecule has 0 heterocycles. The number of anilines is 1. The van der Waals surface area contributed by atoms with Crippen LogP contribution >= 0.6 is 0 Å². The van der Waals surface area contributed by atoms with Gasteiger partial charge in [-0.3, -0.25) is 14.4 Å². The maximum absolute atomic E-state index is 13.6. The van der Waals surface area contributed by atoms with Crippen LogP contribution in [0.5, 0.6) is 0 Å². The molecule has 2 amide bonds. The lowest BCUT2D eigenvalue weighted by Crippen LogP contribution is -2.40. The second-order valence-electron chi connectivity index (χ2n) is 6.98. The van der Waals surface area contributed by atoms with Crippen molar-refractivity contribution in [2.75, 3.05) is 11.9 Å². The molecule has 1 atom stereocenters. The number of nitrogens with one attached hydrogen (secondary N) is 2. The lowest BCUT2D eigenvalue weighted by Gasteiger charge is -2.14. The van der Waals surface area contributed by atoms with Crippen molar-refractivity contribution in [1.82, 2.24) is 5.32 Å². The highest BCUT2D eigenvalue weighted by molar-refractivity contribution is 5.95. The van der Waals surface area contributed by atoms with Gasteiger partial charge in [-0.1, -0.05) is 42.5 Å². The standard InChI is InChI=1S/C23H19F3N2O4/c1-13(32-20(30)11-14-6-7-15-4-2-3-5-16(15)10-14)23(31)27-12-19(29)28-18-9-8-17(24)21(25)22(18)26/h2-10,13H,11-12H2,1H3,(H,27,31)(H,28,29). The molecule has 0 aliphatic rings.